The molecule has 342 valence electrons. The molecule has 0 fully saturated rings. The van der Waals surface area contributed by atoms with Crippen LogP contribution in [0.25, 0.3) is 0 Å². The normalized spacial score (nSPS) is 10.1. The molecule has 8 heteroatoms. The number of aryl methyl sites for hydroxylation is 2. The summed E-state index contributed by atoms with van der Waals surface area (Å²) in [7, 11) is 4.35. The Balaban J connectivity index is -0.000000344. The predicted molar refractivity (Wildman–Crippen MR) is 253 cm³/mol. The fourth-order valence-corrected chi connectivity index (χ4v) is 5.91. The second-order valence-electron chi connectivity index (χ2n) is 15.1. The van der Waals surface area contributed by atoms with Crippen LogP contribution in [-0.2, 0) is 28.6 Å². The molecule has 1 aromatic rings. The Morgan fingerprint density at radius 2 is 0.690 bits per heavy atom. The molecule has 58 heavy (non-hydrogen) atoms. The van der Waals surface area contributed by atoms with Crippen molar-refractivity contribution in [1.29, 1.82) is 0 Å². The zero-order valence-corrected chi connectivity index (χ0v) is 40.6. The molecule has 0 saturated carbocycles. The van der Waals surface area contributed by atoms with Gasteiger partial charge in [0.2, 0.25) is 0 Å². The van der Waals surface area contributed by atoms with Crippen LogP contribution in [-0.4, -0.2) is 44.6 Å². The number of halogens is 2. The number of ether oxygens (including phenoxy) is 3. The standard InChI is InChI=1S/C19H36O2.C13H26O2.C9H18O2.C8H10.CH2Cl2/c1-3-4-5-6-7-8-9-10-11-12-13-14-15-16-17-18-19(20)21-2;1-3-4-5-6-7-8-9-10-11-12-13(14)15-2;1-3-4-5-6-7-8-9(10)11-2;1-7-4-3-5-8(2)6-7;2-1-3/h10-11H,3-9,12-18H2,1-2H3;3-12H2,1-2H3;3-8H2,1-2H3;3-6H,1-2H3;1H2/b11-10-;;;;. The Kier molecular flexibility index (Phi) is 61.6. The second kappa shape index (κ2) is 57.0. The molecule has 0 radical (unpaired) electrons. The van der Waals surface area contributed by atoms with E-state index in [1.54, 1.807) is 0 Å². The van der Waals surface area contributed by atoms with Crippen molar-refractivity contribution >= 4 is 41.1 Å². The summed E-state index contributed by atoms with van der Waals surface area (Å²) in [5, 5.41) is 0.194. The first kappa shape index (κ1) is 62.6. The Labute approximate surface area is 369 Å². The van der Waals surface area contributed by atoms with Gasteiger partial charge in [-0.2, -0.15) is 0 Å². The van der Waals surface area contributed by atoms with Crippen LogP contribution in [0, 0.1) is 13.8 Å². The molecule has 0 bridgehead atoms. The average Bonchev–Trinajstić information content (AvgIpc) is 3.22. The SMILES string of the molecule is CCCCCCCC(=O)OC.CCCCCCCC/C=C\CCCCCCCC(=O)OC.CCCCCCCCCCCC(=O)OC.Cc1cccc(C)c1.ClCCl. The van der Waals surface area contributed by atoms with E-state index in [2.05, 4.69) is 85.2 Å². The van der Waals surface area contributed by atoms with Gasteiger partial charge in [0.15, 0.2) is 0 Å². The van der Waals surface area contributed by atoms with Crippen molar-refractivity contribution in [2.75, 3.05) is 26.7 Å². The van der Waals surface area contributed by atoms with Crippen LogP contribution in [0.3, 0.4) is 0 Å². The molecule has 0 aliphatic carbocycles. The van der Waals surface area contributed by atoms with Crippen molar-refractivity contribution in [2.45, 2.75) is 227 Å². The van der Waals surface area contributed by atoms with E-state index in [9.17, 15) is 14.4 Å². The monoisotopic (exact) mass is 859 g/mol. The first-order chi connectivity index (χ1) is 28.1. The smallest absolute Gasteiger partial charge is 0.305 e. The van der Waals surface area contributed by atoms with Gasteiger partial charge < -0.3 is 14.2 Å². The van der Waals surface area contributed by atoms with Crippen molar-refractivity contribution in [1.82, 2.24) is 0 Å². The van der Waals surface area contributed by atoms with Crippen LogP contribution in [0.5, 0.6) is 0 Å². The number of esters is 3. The highest BCUT2D eigenvalue weighted by Crippen LogP contribution is 2.12. The van der Waals surface area contributed by atoms with Gasteiger partial charge in [-0.3, -0.25) is 14.4 Å². The van der Waals surface area contributed by atoms with Crippen molar-refractivity contribution < 1.29 is 28.6 Å². The van der Waals surface area contributed by atoms with Crippen LogP contribution in [0.2, 0.25) is 0 Å². The number of alkyl halides is 2. The maximum absolute atomic E-state index is 10.9. The van der Waals surface area contributed by atoms with E-state index in [4.69, 9.17) is 23.2 Å². The third-order valence-electron chi connectivity index (χ3n) is 9.47. The Morgan fingerprint density at radius 3 is 0.914 bits per heavy atom. The molecule has 0 spiro atoms. The molecule has 1 aromatic carbocycles. The van der Waals surface area contributed by atoms with Gasteiger partial charge in [-0.1, -0.05) is 197 Å². The van der Waals surface area contributed by atoms with Gasteiger partial charge in [0, 0.05) is 19.3 Å². The second-order valence-corrected chi connectivity index (χ2v) is 15.9. The highest BCUT2D eigenvalue weighted by molar-refractivity contribution is 6.40. The number of unbranched alkanes of at least 4 members (excludes halogenated alkanes) is 23. The fraction of sp³-hybridized carbons (Fsp3) is 0.780. The summed E-state index contributed by atoms with van der Waals surface area (Å²) < 4.78 is 13.7. The van der Waals surface area contributed by atoms with E-state index in [-0.39, 0.29) is 23.2 Å². The van der Waals surface area contributed by atoms with E-state index >= 15 is 0 Å². The van der Waals surface area contributed by atoms with Crippen molar-refractivity contribution in [3.05, 3.63) is 47.5 Å². The van der Waals surface area contributed by atoms with Crippen LogP contribution in [0.4, 0.5) is 0 Å². The van der Waals surface area contributed by atoms with Gasteiger partial charge in [0.05, 0.1) is 26.7 Å². The average molecular weight is 860 g/mol. The number of rotatable bonds is 31. The van der Waals surface area contributed by atoms with Gasteiger partial charge in [0.1, 0.15) is 0 Å². The molecule has 1 rings (SSSR count). The van der Waals surface area contributed by atoms with Crippen molar-refractivity contribution in [2.24, 2.45) is 0 Å². The molecule has 0 amide bonds. The summed E-state index contributed by atoms with van der Waals surface area (Å²) in [5.74, 6) is -0.230. The Bertz CT molecular complexity index is 983. The lowest BCUT2D eigenvalue weighted by molar-refractivity contribution is -0.141. The third kappa shape index (κ3) is 63.1. The van der Waals surface area contributed by atoms with E-state index in [1.165, 1.54) is 174 Å². The summed E-state index contributed by atoms with van der Waals surface area (Å²) in [6, 6.07) is 8.45. The highest BCUT2D eigenvalue weighted by Gasteiger charge is 2.00. The lowest BCUT2D eigenvalue weighted by atomic mass is 10.1. The third-order valence-corrected chi connectivity index (χ3v) is 9.47. The van der Waals surface area contributed by atoms with Crippen LogP contribution in [0.1, 0.15) is 225 Å². The van der Waals surface area contributed by atoms with E-state index in [0.29, 0.717) is 19.3 Å². The molecule has 0 heterocycles. The molecule has 0 atom stereocenters. The number of methoxy groups -OCH3 is 3. The van der Waals surface area contributed by atoms with Gasteiger partial charge in [-0.25, -0.2) is 0 Å². The minimum Gasteiger partial charge on any atom is -0.469 e. The minimum absolute atomic E-state index is 0.0713. The minimum atomic E-state index is -0.0819. The topological polar surface area (TPSA) is 78.9 Å². The first-order valence-corrected chi connectivity index (χ1v) is 24.2. The largest absolute Gasteiger partial charge is 0.469 e. The summed E-state index contributed by atoms with van der Waals surface area (Å²) in [5.41, 5.74) is 2.68. The van der Waals surface area contributed by atoms with Gasteiger partial charge >= 0.3 is 17.9 Å². The number of carbonyl (C=O) groups excluding carboxylic acids is 3. The fourth-order valence-electron chi connectivity index (χ4n) is 5.91. The predicted octanol–water partition coefficient (Wildman–Crippen LogP) is 16.5. The van der Waals surface area contributed by atoms with Crippen LogP contribution >= 0.6 is 23.2 Å². The van der Waals surface area contributed by atoms with Gasteiger partial charge in [0.25, 0.3) is 0 Å². The number of hydrogen-bond acceptors (Lipinski definition) is 6. The summed E-state index contributed by atoms with van der Waals surface area (Å²) in [6.45, 7) is 10.9. The molecule has 0 saturated heterocycles. The van der Waals surface area contributed by atoms with Crippen molar-refractivity contribution in [3.8, 4) is 0 Å². The molecule has 0 aromatic heterocycles. The lowest BCUT2D eigenvalue weighted by Gasteiger charge is -2.01. The van der Waals surface area contributed by atoms with E-state index in [0.717, 1.165) is 32.1 Å². The molecule has 0 unspecified atom stereocenters. The van der Waals surface area contributed by atoms with Gasteiger partial charge in [-0.15, -0.1) is 23.2 Å². The highest BCUT2D eigenvalue weighted by atomic mass is 35.5. The van der Waals surface area contributed by atoms with E-state index in [1.807, 2.05) is 0 Å². The Hall–Kier alpha value is -2.05. The summed E-state index contributed by atoms with van der Waals surface area (Å²) >= 11 is 9.53. The molecule has 0 N–H and O–H groups in total. The number of benzene rings is 1. The number of carbonyl (C=O) groups is 3. The molecule has 6 nitrogen and oxygen atoms in total. The molecule has 0 aliphatic heterocycles. The first-order valence-electron chi connectivity index (χ1n) is 23.1. The van der Waals surface area contributed by atoms with Crippen molar-refractivity contribution in [3.63, 3.8) is 0 Å². The maximum atomic E-state index is 10.9. The summed E-state index contributed by atoms with van der Waals surface area (Å²) in [4.78, 5) is 32.3. The zero-order valence-electron chi connectivity index (χ0n) is 39.1. The maximum Gasteiger partial charge on any atom is 0.305 e. The van der Waals surface area contributed by atoms with Crippen LogP contribution < -0.4 is 0 Å². The van der Waals surface area contributed by atoms with Crippen LogP contribution in [0.15, 0.2) is 36.4 Å². The number of hydrogen-bond donors (Lipinski definition) is 0. The molecular weight excluding hydrogens is 767 g/mol. The molecule has 0 aliphatic rings. The Morgan fingerprint density at radius 1 is 0.448 bits per heavy atom. The summed E-state index contributed by atoms with van der Waals surface area (Å²) in [6.07, 6.45) is 40.6. The molecular formula is C50H92Cl2O6. The van der Waals surface area contributed by atoms with E-state index < -0.39 is 0 Å². The number of allylic oxidation sites excluding steroid dienone is 2. The van der Waals surface area contributed by atoms with Gasteiger partial charge in [-0.05, 0) is 58.8 Å². The lowest BCUT2D eigenvalue weighted by Crippen LogP contribution is -1.99. The quantitative estimate of drug-likeness (QED) is 0.0243. The zero-order chi connectivity index (χ0) is 44.2.